The molecule has 10 heteroatoms. The molecule has 0 amide bonds. The fourth-order valence-corrected chi connectivity index (χ4v) is 4.27. The molecule has 0 aliphatic carbocycles. The first-order chi connectivity index (χ1) is 11.8. The molecule has 2 aromatic rings. The van der Waals surface area contributed by atoms with Crippen LogP contribution < -0.4 is 11.5 Å². The lowest BCUT2D eigenvalue weighted by molar-refractivity contribution is 0.625. The molecule has 0 atom stereocenters. The largest absolute Gasteiger partial charge is 0.379 e. The number of nitrogens with two attached hydrogens (primary N) is 2. The standard InChI is InChI=1S/C16H16F2N4S3.BrH/c17-11-1-3-13(9(5-11)7-23-15(19)20)25-14-4-2-12(18)6-10(14)8-24-16(21)22;/h1-6H,7-8H2,(H3,19,20)(H3,21,22);1H. The summed E-state index contributed by atoms with van der Waals surface area (Å²) in [5, 5.41) is 14.5. The predicted molar refractivity (Wildman–Crippen MR) is 114 cm³/mol. The van der Waals surface area contributed by atoms with Crippen LogP contribution in [0.15, 0.2) is 46.2 Å². The van der Waals surface area contributed by atoms with Crippen LogP contribution in [0.5, 0.6) is 0 Å². The molecule has 26 heavy (non-hydrogen) atoms. The Hall–Kier alpha value is -1.23. The smallest absolute Gasteiger partial charge is 0.151 e. The van der Waals surface area contributed by atoms with E-state index in [1.807, 2.05) is 0 Å². The average molecular weight is 479 g/mol. The molecule has 0 bridgehead atoms. The third kappa shape index (κ3) is 7.18. The molecule has 0 unspecified atom stereocenters. The second-order valence-corrected chi connectivity index (χ2v) is 8.03. The van der Waals surface area contributed by atoms with Crippen molar-refractivity contribution in [2.45, 2.75) is 21.3 Å². The highest BCUT2D eigenvalue weighted by molar-refractivity contribution is 8.93. The van der Waals surface area contributed by atoms with Gasteiger partial charge in [-0.05, 0) is 47.5 Å². The summed E-state index contributed by atoms with van der Waals surface area (Å²) >= 11 is 3.60. The number of halogens is 3. The van der Waals surface area contributed by atoms with Crippen LogP contribution in [0.4, 0.5) is 8.78 Å². The first kappa shape index (κ1) is 22.8. The van der Waals surface area contributed by atoms with Gasteiger partial charge in [-0.1, -0.05) is 35.3 Å². The minimum atomic E-state index is -0.366. The summed E-state index contributed by atoms with van der Waals surface area (Å²) < 4.78 is 27.1. The maximum absolute atomic E-state index is 13.6. The Kier molecular flexibility index (Phi) is 9.48. The predicted octanol–water partition coefficient (Wildman–Crippen LogP) is 4.95. The number of hydrogen-bond donors (Lipinski definition) is 4. The number of benzene rings is 2. The molecule has 0 saturated carbocycles. The Bertz CT molecular complexity index is 740. The van der Waals surface area contributed by atoms with Crippen LogP contribution in [-0.4, -0.2) is 10.3 Å². The number of nitrogens with one attached hydrogen (secondary N) is 2. The maximum Gasteiger partial charge on any atom is 0.151 e. The minimum absolute atomic E-state index is 0. The third-order valence-electron chi connectivity index (χ3n) is 3.03. The molecule has 0 aliphatic heterocycles. The van der Waals surface area contributed by atoms with Crippen LogP contribution in [0.1, 0.15) is 11.1 Å². The molecule has 0 saturated heterocycles. The van der Waals surface area contributed by atoms with Gasteiger partial charge >= 0.3 is 0 Å². The first-order valence-corrected chi connectivity index (χ1v) is 9.82. The zero-order valence-corrected chi connectivity index (χ0v) is 17.6. The summed E-state index contributed by atoms with van der Waals surface area (Å²) in [5.41, 5.74) is 12.1. The Morgan fingerprint density at radius 1 is 0.808 bits per heavy atom. The van der Waals surface area contributed by atoms with Crippen LogP contribution in [0.3, 0.4) is 0 Å². The van der Waals surface area contributed by atoms with Gasteiger partial charge < -0.3 is 11.5 Å². The summed E-state index contributed by atoms with van der Waals surface area (Å²) in [6, 6.07) is 8.84. The van der Waals surface area contributed by atoms with Gasteiger partial charge in [0, 0.05) is 21.3 Å². The summed E-state index contributed by atoms with van der Waals surface area (Å²) in [4.78, 5) is 1.60. The molecule has 2 rings (SSSR count). The van der Waals surface area contributed by atoms with Gasteiger partial charge in [0.05, 0.1) is 0 Å². The molecule has 6 N–H and O–H groups in total. The quantitative estimate of drug-likeness (QED) is 0.347. The van der Waals surface area contributed by atoms with E-state index in [0.717, 1.165) is 33.3 Å². The fraction of sp³-hybridized carbons (Fsp3) is 0.125. The van der Waals surface area contributed by atoms with Crippen molar-refractivity contribution in [3.63, 3.8) is 0 Å². The summed E-state index contributed by atoms with van der Waals surface area (Å²) in [5.74, 6) is 0.00685. The lowest BCUT2D eigenvalue weighted by Crippen LogP contribution is -2.04. The Morgan fingerprint density at radius 3 is 1.54 bits per heavy atom. The topological polar surface area (TPSA) is 99.7 Å². The minimum Gasteiger partial charge on any atom is -0.379 e. The molecule has 0 aromatic heterocycles. The van der Waals surface area contributed by atoms with Crippen molar-refractivity contribution in [1.29, 1.82) is 10.8 Å². The van der Waals surface area contributed by atoms with Crippen molar-refractivity contribution >= 4 is 62.6 Å². The number of amidine groups is 2. The molecule has 2 aromatic carbocycles. The van der Waals surface area contributed by atoms with Gasteiger partial charge in [-0.25, -0.2) is 8.78 Å². The zero-order valence-electron chi connectivity index (χ0n) is 13.4. The van der Waals surface area contributed by atoms with Crippen molar-refractivity contribution in [2.75, 3.05) is 0 Å². The van der Waals surface area contributed by atoms with Crippen molar-refractivity contribution in [3.8, 4) is 0 Å². The van der Waals surface area contributed by atoms with E-state index in [9.17, 15) is 8.78 Å². The van der Waals surface area contributed by atoms with E-state index in [1.165, 1.54) is 36.0 Å². The highest BCUT2D eigenvalue weighted by Crippen LogP contribution is 2.36. The van der Waals surface area contributed by atoms with E-state index < -0.39 is 0 Å². The van der Waals surface area contributed by atoms with Crippen molar-refractivity contribution in [3.05, 3.63) is 59.2 Å². The zero-order chi connectivity index (χ0) is 18.4. The van der Waals surface area contributed by atoms with Gasteiger partial charge in [-0.2, -0.15) is 0 Å². The van der Waals surface area contributed by atoms with Crippen LogP contribution in [0.25, 0.3) is 0 Å². The van der Waals surface area contributed by atoms with E-state index in [4.69, 9.17) is 22.3 Å². The van der Waals surface area contributed by atoms with Crippen LogP contribution in [0.2, 0.25) is 0 Å². The molecular formula is C16H17BrF2N4S3. The second-order valence-electron chi connectivity index (χ2n) is 4.91. The molecule has 4 nitrogen and oxygen atoms in total. The summed E-state index contributed by atoms with van der Waals surface area (Å²) in [6.07, 6.45) is 0. The van der Waals surface area contributed by atoms with E-state index in [2.05, 4.69) is 0 Å². The van der Waals surface area contributed by atoms with Crippen LogP contribution >= 0.6 is 52.3 Å². The molecule has 0 heterocycles. The van der Waals surface area contributed by atoms with Gasteiger partial charge in [0.15, 0.2) is 10.3 Å². The van der Waals surface area contributed by atoms with Crippen LogP contribution in [0, 0.1) is 22.5 Å². The highest BCUT2D eigenvalue weighted by Gasteiger charge is 2.12. The summed E-state index contributed by atoms with van der Waals surface area (Å²) in [6.45, 7) is 0. The van der Waals surface area contributed by atoms with Crippen molar-refractivity contribution < 1.29 is 8.78 Å². The van der Waals surface area contributed by atoms with E-state index in [-0.39, 0.29) is 39.0 Å². The van der Waals surface area contributed by atoms with Crippen LogP contribution in [-0.2, 0) is 11.5 Å². The number of rotatable bonds is 6. The Labute approximate surface area is 173 Å². The van der Waals surface area contributed by atoms with E-state index in [0.29, 0.717) is 22.6 Å². The maximum atomic E-state index is 13.6. The van der Waals surface area contributed by atoms with Crippen molar-refractivity contribution in [1.82, 2.24) is 0 Å². The van der Waals surface area contributed by atoms with Crippen molar-refractivity contribution in [2.24, 2.45) is 11.5 Å². The molecule has 0 aliphatic rings. The number of hydrogen-bond acceptors (Lipinski definition) is 5. The SMILES string of the molecule is Br.N=C(N)SCc1cc(F)ccc1Sc1ccc(F)cc1CSC(=N)N. The fourth-order valence-electron chi connectivity index (χ4n) is 1.95. The second kappa shape index (κ2) is 10.8. The highest BCUT2D eigenvalue weighted by atomic mass is 79.9. The third-order valence-corrected chi connectivity index (χ3v) is 5.80. The lowest BCUT2D eigenvalue weighted by atomic mass is 10.2. The Balaban J connectivity index is 0.00000338. The van der Waals surface area contributed by atoms with Gasteiger partial charge in [0.2, 0.25) is 0 Å². The number of thioether (sulfide) groups is 2. The summed E-state index contributed by atoms with van der Waals surface area (Å²) in [7, 11) is 0. The van der Waals surface area contributed by atoms with Gasteiger partial charge in [0.1, 0.15) is 11.6 Å². The molecule has 0 spiro atoms. The molecule has 0 fully saturated rings. The van der Waals surface area contributed by atoms with Gasteiger partial charge in [-0.15, -0.1) is 17.0 Å². The van der Waals surface area contributed by atoms with Gasteiger partial charge in [-0.3, -0.25) is 10.8 Å². The normalized spacial score (nSPS) is 10.2. The average Bonchev–Trinajstić information content (AvgIpc) is 2.54. The van der Waals surface area contributed by atoms with E-state index >= 15 is 0 Å². The monoisotopic (exact) mass is 478 g/mol. The lowest BCUT2D eigenvalue weighted by Gasteiger charge is -2.12. The molecule has 0 radical (unpaired) electrons. The van der Waals surface area contributed by atoms with Gasteiger partial charge in [0.25, 0.3) is 0 Å². The molecule has 140 valence electrons. The first-order valence-electron chi connectivity index (χ1n) is 7.03. The Morgan fingerprint density at radius 2 is 1.19 bits per heavy atom. The van der Waals surface area contributed by atoms with E-state index in [1.54, 1.807) is 12.1 Å². The molecular weight excluding hydrogens is 462 g/mol.